The van der Waals surface area contributed by atoms with Crippen LogP contribution in [-0.2, 0) is 0 Å². The topological polar surface area (TPSA) is 47.6 Å². The Morgan fingerprint density at radius 1 is 1.17 bits per heavy atom. The van der Waals surface area contributed by atoms with Crippen LogP contribution >= 0.6 is 0 Å². The lowest BCUT2D eigenvalue weighted by molar-refractivity contribution is 0.618. The smallest absolute Gasteiger partial charge is 0.127 e. The average molecular weight is 160 g/mol. The van der Waals surface area contributed by atoms with Crippen LogP contribution in [0.15, 0.2) is 12.1 Å². The number of halogens is 1. The van der Waals surface area contributed by atoms with Crippen molar-refractivity contribution in [2.24, 2.45) is 0 Å². The van der Waals surface area contributed by atoms with Crippen molar-refractivity contribution >= 4 is 0 Å². The van der Waals surface area contributed by atoms with Gasteiger partial charge in [-0.3, -0.25) is 0 Å². The minimum Gasteiger partial charge on any atom is -0.207 e. The fraction of sp³-hybridized carbons (Fsp3) is 0.111. The molecule has 0 unspecified atom stereocenters. The highest BCUT2D eigenvalue weighted by atomic mass is 19.1. The lowest BCUT2D eigenvalue weighted by atomic mass is 10.1. The molecule has 2 nitrogen and oxygen atoms in total. The number of nitriles is 2. The summed E-state index contributed by atoms with van der Waals surface area (Å²) < 4.78 is 12.8. The molecule has 0 bridgehead atoms. The molecule has 1 aromatic rings. The number of hydrogen-bond donors (Lipinski definition) is 0. The lowest BCUT2D eigenvalue weighted by Gasteiger charge is -1.97. The van der Waals surface area contributed by atoms with Crippen molar-refractivity contribution in [1.82, 2.24) is 0 Å². The minimum atomic E-state index is -0.453. The molecular formula is C9H5FN2. The third-order valence-electron chi connectivity index (χ3n) is 1.54. The van der Waals surface area contributed by atoms with Gasteiger partial charge in [0.2, 0.25) is 0 Å². The number of hydrogen-bond acceptors (Lipinski definition) is 2. The van der Waals surface area contributed by atoms with E-state index in [2.05, 4.69) is 0 Å². The summed E-state index contributed by atoms with van der Waals surface area (Å²) in [5.41, 5.74) is 0.683. The van der Waals surface area contributed by atoms with Crippen molar-refractivity contribution < 1.29 is 4.39 Å². The Morgan fingerprint density at radius 2 is 1.67 bits per heavy atom. The summed E-state index contributed by atoms with van der Waals surface area (Å²) in [6, 6.07) is 6.02. The molecule has 1 rings (SSSR count). The molecule has 0 aliphatic heterocycles. The van der Waals surface area contributed by atoms with Gasteiger partial charge in [0.15, 0.2) is 0 Å². The normalized spacial score (nSPS) is 8.67. The van der Waals surface area contributed by atoms with Crippen molar-refractivity contribution in [3.05, 3.63) is 34.6 Å². The molecule has 0 heterocycles. The van der Waals surface area contributed by atoms with Crippen molar-refractivity contribution in [1.29, 1.82) is 10.5 Å². The molecule has 0 N–H and O–H groups in total. The minimum absolute atomic E-state index is 0.0839. The molecule has 0 saturated carbocycles. The molecule has 0 aromatic heterocycles. The molecular weight excluding hydrogens is 155 g/mol. The summed E-state index contributed by atoms with van der Waals surface area (Å²) in [6.07, 6.45) is 0. The first-order valence-electron chi connectivity index (χ1n) is 3.29. The van der Waals surface area contributed by atoms with Crippen LogP contribution in [0.2, 0.25) is 0 Å². The molecule has 0 amide bonds. The van der Waals surface area contributed by atoms with Crippen LogP contribution in [0, 0.1) is 35.4 Å². The van der Waals surface area contributed by atoms with Crippen LogP contribution in [0.1, 0.15) is 16.7 Å². The van der Waals surface area contributed by atoms with E-state index in [1.807, 2.05) is 6.07 Å². The molecule has 0 atom stereocenters. The first kappa shape index (κ1) is 8.23. The molecule has 12 heavy (non-hydrogen) atoms. The van der Waals surface area contributed by atoms with Gasteiger partial charge in [0.05, 0.1) is 11.1 Å². The molecule has 0 saturated heterocycles. The lowest BCUT2D eigenvalue weighted by Crippen LogP contribution is -1.89. The number of benzene rings is 1. The summed E-state index contributed by atoms with van der Waals surface area (Å²) in [6.45, 7) is 1.55. The quantitative estimate of drug-likeness (QED) is 0.581. The van der Waals surface area contributed by atoms with E-state index >= 15 is 0 Å². The van der Waals surface area contributed by atoms with Gasteiger partial charge in [-0.2, -0.15) is 10.5 Å². The Morgan fingerprint density at radius 3 is 2.17 bits per heavy atom. The molecule has 0 aliphatic rings. The summed E-state index contributed by atoms with van der Waals surface area (Å²) in [4.78, 5) is 0. The van der Waals surface area contributed by atoms with Crippen molar-refractivity contribution in [3.8, 4) is 12.1 Å². The van der Waals surface area contributed by atoms with E-state index in [4.69, 9.17) is 10.5 Å². The third-order valence-corrected chi connectivity index (χ3v) is 1.54. The molecule has 0 spiro atoms. The second kappa shape index (κ2) is 3.02. The van der Waals surface area contributed by atoms with E-state index in [1.165, 1.54) is 6.07 Å². The van der Waals surface area contributed by atoms with Crippen LogP contribution in [0.25, 0.3) is 0 Å². The van der Waals surface area contributed by atoms with E-state index in [-0.39, 0.29) is 11.1 Å². The molecule has 0 aliphatic carbocycles. The monoisotopic (exact) mass is 160 g/mol. The Labute approximate surface area is 69.5 Å². The molecule has 58 valence electrons. The summed E-state index contributed by atoms with van der Waals surface area (Å²) >= 11 is 0. The summed E-state index contributed by atoms with van der Waals surface area (Å²) in [5, 5.41) is 17.0. The van der Waals surface area contributed by atoms with Crippen LogP contribution in [0.4, 0.5) is 4.39 Å². The number of nitrogens with zero attached hydrogens (tertiary/aromatic N) is 2. The van der Waals surface area contributed by atoms with E-state index in [1.54, 1.807) is 13.0 Å². The second-order valence-electron chi connectivity index (χ2n) is 2.37. The Balaban J connectivity index is 3.44. The zero-order valence-electron chi connectivity index (χ0n) is 6.43. The summed E-state index contributed by atoms with van der Waals surface area (Å²) in [7, 11) is 0. The van der Waals surface area contributed by atoms with Crippen LogP contribution in [0.3, 0.4) is 0 Å². The van der Waals surface area contributed by atoms with Gasteiger partial charge in [-0.1, -0.05) is 0 Å². The van der Waals surface area contributed by atoms with Gasteiger partial charge in [0, 0.05) is 0 Å². The van der Waals surface area contributed by atoms with E-state index < -0.39 is 5.82 Å². The fourth-order valence-corrected chi connectivity index (χ4v) is 0.867. The first-order valence-corrected chi connectivity index (χ1v) is 3.29. The van der Waals surface area contributed by atoms with E-state index in [0.717, 1.165) is 6.07 Å². The zero-order valence-corrected chi connectivity index (χ0v) is 6.43. The highest BCUT2D eigenvalue weighted by Crippen LogP contribution is 2.13. The largest absolute Gasteiger partial charge is 0.207 e. The number of aryl methyl sites for hydroxylation is 1. The van der Waals surface area contributed by atoms with Gasteiger partial charge in [-0.15, -0.1) is 0 Å². The highest BCUT2D eigenvalue weighted by molar-refractivity contribution is 5.47. The maximum absolute atomic E-state index is 12.8. The Kier molecular flexibility index (Phi) is 2.07. The van der Waals surface area contributed by atoms with Gasteiger partial charge in [0.1, 0.15) is 18.0 Å². The van der Waals surface area contributed by atoms with Gasteiger partial charge >= 0.3 is 0 Å². The van der Waals surface area contributed by atoms with Crippen molar-refractivity contribution in [3.63, 3.8) is 0 Å². The van der Waals surface area contributed by atoms with Gasteiger partial charge in [-0.25, -0.2) is 4.39 Å². The van der Waals surface area contributed by atoms with Crippen molar-refractivity contribution in [2.45, 2.75) is 6.92 Å². The summed E-state index contributed by atoms with van der Waals surface area (Å²) in [5.74, 6) is -0.453. The predicted molar refractivity (Wildman–Crippen MR) is 40.6 cm³/mol. The van der Waals surface area contributed by atoms with Gasteiger partial charge < -0.3 is 0 Å². The molecule has 3 heteroatoms. The number of rotatable bonds is 0. The maximum Gasteiger partial charge on any atom is 0.127 e. The fourth-order valence-electron chi connectivity index (χ4n) is 0.867. The molecule has 0 radical (unpaired) electrons. The average Bonchev–Trinajstić information content (AvgIpc) is 2.09. The molecule has 1 aromatic carbocycles. The Bertz CT molecular complexity index is 357. The van der Waals surface area contributed by atoms with Crippen LogP contribution < -0.4 is 0 Å². The van der Waals surface area contributed by atoms with Gasteiger partial charge in [-0.05, 0) is 24.6 Å². The van der Waals surface area contributed by atoms with E-state index in [9.17, 15) is 4.39 Å². The van der Waals surface area contributed by atoms with Crippen LogP contribution in [-0.4, -0.2) is 0 Å². The standard InChI is InChI=1S/C9H5FN2/c1-6-2-7(4-11)8(5-12)3-9(6)10/h2-3H,1H3. The molecule has 0 fully saturated rings. The predicted octanol–water partition coefficient (Wildman–Crippen LogP) is 1.88. The van der Waals surface area contributed by atoms with E-state index in [0.29, 0.717) is 5.56 Å². The van der Waals surface area contributed by atoms with Crippen molar-refractivity contribution in [2.75, 3.05) is 0 Å². The highest BCUT2D eigenvalue weighted by Gasteiger charge is 2.05. The second-order valence-corrected chi connectivity index (χ2v) is 2.37. The van der Waals surface area contributed by atoms with Gasteiger partial charge in [0.25, 0.3) is 0 Å². The Hall–Kier alpha value is -1.87. The zero-order chi connectivity index (χ0) is 9.14. The SMILES string of the molecule is Cc1cc(C#N)c(C#N)cc1F. The first-order chi connectivity index (χ1) is 5.69. The maximum atomic E-state index is 12.8. The van der Waals surface area contributed by atoms with Crippen LogP contribution in [0.5, 0.6) is 0 Å². The third kappa shape index (κ3) is 1.26.